The van der Waals surface area contributed by atoms with Crippen LogP contribution in [0, 0.1) is 10.7 Å². The van der Waals surface area contributed by atoms with Crippen LogP contribution in [0.3, 0.4) is 0 Å². The van der Waals surface area contributed by atoms with Gasteiger partial charge in [0.2, 0.25) is 0 Å². The summed E-state index contributed by atoms with van der Waals surface area (Å²) in [5.74, 6) is 0. The molecule has 0 aliphatic carbocycles. The number of quaternary nitrogens is 1. The average molecular weight is 136 g/mol. The normalized spacial score (nSPS) is 1.60. The van der Waals surface area contributed by atoms with E-state index in [1.807, 2.05) is 0 Å². The van der Waals surface area contributed by atoms with Crippen molar-refractivity contribution in [2.45, 2.75) is 0 Å². The average Bonchev–Trinajstić information content (AvgIpc) is 0.918. The van der Waals surface area contributed by atoms with Gasteiger partial charge < -0.3 is 6.15 Å². The monoisotopic (exact) mass is 136 g/mol. The van der Waals surface area contributed by atoms with Crippen molar-refractivity contribution >= 4 is 12.6 Å². The Morgan fingerprint density at radius 3 is 1.60 bits per heavy atom. The Hall–Kier alpha value is 0.306. The van der Waals surface area contributed by atoms with Gasteiger partial charge in [0.1, 0.15) is 5.40 Å². The van der Waals surface area contributed by atoms with Crippen molar-refractivity contribution in [2.24, 2.45) is 0 Å². The maximum atomic E-state index is 7.18. The van der Waals surface area contributed by atoms with Gasteiger partial charge in [-0.05, 0) is 0 Å². The van der Waals surface area contributed by atoms with Crippen LogP contribution in [0.5, 0.6) is 0 Å². The van der Waals surface area contributed by atoms with Crippen LogP contribution >= 0.6 is 12.6 Å². The number of thiocyanates is 1. The standard InChI is InChI=1S/CHNS.Co.H3N/c2-1-3;;/h3H;;1H3/q;+2;/p+1. The van der Waals surface area contributed by atoms with E-state index in [1.165, 1.54) is 5.40 Å². The number of nitrogens with zero attached hydrogens (tertiary/aromatic N) is 1. The molecule has 31 valence electrons. The molecule has 0 spiro atoms. The van der Waals surface area contributed by atoms with Gasteiger partial charge in [-0.2, -0.15) is 5.26 Å². The van der Waals surface area contributed by atoms with Crippen LogP contribution in [0.4, 0.5) is 0 Å². The zero-order valence-corrected chi connectivity index (χ0v) is 4.66. The summed E-state index contributed by atoms with van der Waals surface area (Å²) in [4.78, 5) is 0. The number of thiol groups is 1. The molecule has 4 heteroatoms. The molecule has 5 heavy (non-hydrogen) atoms. The molecule has 0 bridgehead atoms. The predicted octanol–water partition coefficient (Wildman–Crippen LogP) is 0.771. The fourth-order valence-electron chi connectivity index (χ4n) is 0. The fourth-order valence-corrected chi connectivity index (χ4v) is 0. The molecule has 0 aliphatic heterocycles. The minimum Gasteiger partial charge on any atom is -0.369 e. The quantitative estimate of drug-likeness (QED) is 0.375. The van der Waals surface area contributed by atoms with E-state index in [2.05, 4.69) is 12.6 Å². The van der Waals surface area contributed by atoms with Crippen LogP contribution in [0.15, 0.2) is 0 Å². The zero-order chi connectivity index (χ0) is 2.71. The van der Waals surface area contributed by atoms with Gasteiger partial charge in [0, 0.05) is 0 Å². The van der Waals surface area contributed by atoms with Crippen molar-refractivity contribution in [3.8, 4) is 5.40 Å². The largest absolute Gasteiger partial charge is 2.00 e. The Morgan fingerprint density at radius 1 is 1.60 bits per heavy atom. The van der Waals surface area contributed by atoms with E-state index in [1.54, 1.807) is 0 Å². The van der Waals surface area contributed by atoms with Gasteiger partial charge in [-0.1, -0.05) is 12.6 Å². The molecule has 0 atom stereocenters. The van der Waals surface area contributed by atoms with Gasteiger partial charge in [0.15, 0.2) is 0 Å². The van der Waals surface area contributed by atoms with E-state index in [9.17, 15) is 0 Å². The Kier molecular flexibility index (Phi) is 102. The van der Waals surface area contributed by atoms with E-state index in [0.29, 0.717) is 0 Å². The van der Waals surface area contributed by atoms with Gasteiger partial charge in [-0.25, -0.2) is 0 Å². The maximum absolute atomic E-state index is 7.18. The summed E-state index contributed by atoms with van der Waals surface area (Å²) in [6, 6.07) is 0. The molecule has 1 radical (unpaired) electrons. The molecule has 0 rings (SSSR count). The number of hydrogen-bond donors (Lipinski definition) is 2. The summed E-state index contributed by atoms with van der Waals surface area (Å²) in [6.07, 6.45) is 0. The summed E-state index contributed by atoms with van der Waals surface area (Å²) >= 11 is 3.09. The molecule has 0 fully saturated rings. The van der Waals surface area contributed by atoms with Crippen LogP contribution in [-0.2, 0) is 16.8 Å². The first-order chi connectivity index (χ1) is 1.41. The van der Waals surface area contributed by atoms with Crippen LogP contribution in [0.1, 0.15) is 0 Å². The molecule has 4 N–H and O–H groups in total. The summed E-state index contributed by atoms with van der Waals surface area (Å²) in [5.41, 5.74) is 0. The molecular formula is CH5CoN2S+3. The molecule has 0 amide bonds. The van der Waals surface area contributed by atoms with E-state index in [4.69, 9.17) is 5.26 Å². The van der Waals surface area contributed by atoms with Crippen LogP contribution < -0.4 is 6.15 Å². The summed E-state index contributed by atoms with van der Waals surface area (Å²) in [5, 5.41) is 8.63. The maximum Gasteiger partial charge on any atom is 2.00 e. The van der Waals surface area contributed by atoms with E-state index < -0.39 is 0 Å². The van der Waals surface area contributed by atoms with Crippen LogP contribution in [0.2, 0.25) is 0 Å². The summed E-state index contributed by atoms with van der Waals surface area (Å²) < 4.78 is 0. The van der Waals surface area contributed by atoms with Crippen LogP contribution in [0.25, 0.3) is 0 Å². The minimum atomic E-state index is 0. The SMILES string of the molecule is N#CS.[Co+2].[NH4+]. The Bertz CT molecular complexity index is 31.1. The molecule has 0 aromatic heterocycles. The number of hydrogen-bond acceptors (Lipinski definition) is 2. The predicted molar refractivity (Wildman–Crippen MR) is 20.6 cm³/mol. The van der Waals surface area contributed by atoms with Gasteiger partial charge in [0.25, 0.3) is 0 Å². The number of nitriles is 1. The van der Waals surface area contributed by atoms with E-state index in [0.717, 1.165) is 0 Å². The minimum absolute atomic E-state index is 0. The zero-order valence-electron chi connectivity index (χ0n) is 2.73. The molecule has 0 aromatic carbocycles. The molecule has 0 aromatic rings. The molecule has 0 aliphatic rings. The third-order valence-corrected chi connectivity index (χ3v) is 0. The van der Waals surface area contributed by atoms with Crippen molar-refractivity contribution in [3.63, 3.8) is 0 Å². The third kappa shape index (κ3) is 244. The van der Waals surface area contributed by atoms with Crippen molar-refractivity contribution in [3.05, 3.63) is 0 Å². The van der Waals surface area contributed by atoms with Gasteiger partial charge in [-0.3, -0.25) is 0 Å². The molecule has 0 unspecified atom stereocenters. The molecule has 2 nitrogen and oxygen atoms in total. The van der Waals surface area contributed by atoms with Crippen molar-refractivity contribution in [2.75, 3.05) is 0 Å². The second-order valence-electron chi connectivity index (χ2n) is 0.100. The fraction of sp³-hybridized carbons (Fsp3) is 0. The van der Waals surface area contributed by atoms with Gasteiger partial charge >= 0.3 is 16.8 Å². The second-order valence-corrected chi connectivity index (χ2v) is 0.300. The van der Waals surface area contributed by atoms with Crippen molar-refractivity contribution in [1.82, 2.24) is 6.15 Å². The van der Waals surface area contributed by atoms with E-state index >= 15 is 0 Å². The second kappa shape index (κ2) is 27.6. The molecule has 0 saturated heterocycles. The Labute approximate surface area is 46.7 Å². The topological polar surface area (TPSA) is 60.3 Å². The first-order valence-electron chi connectivity index (χ1n) is 0.447. The van der Waals surface area contributed by atoms with Crippen molar-refractivity contribution < 1.29 is 16.8 Å². The summed E-state index contributed by atoms with van der Waals surface area (Å²) in [6.45, 7) is 0. The molecular weight excluding hydrogens is 131 g/mol. The van der Waals surface area contributed by atoms with E-state index in [-0.39, 0.29) is 22.9 Å². The van der Waals surface area contributed by atoms with Crippen molar-refractivity contribution in [1.29, 1.82) is 5.26 Å². The summed E-state index contributed by atoms with van der Waals surface area (Å²) in [7, 11) is 0. The van der Waals surface area contributed by atoms with Gasteiger partial charge in [0.05, 0.1) is 0 Å². The Balaban J connectivity index is -0.0000000200. The van der Waals surface area contributed by atoms with Crippen LogP contribution in [-0.4, -0.2) is 0 Å². The first kappa shape index (κ1) is 18.5. The van der Waals surface area contributed by atoms with Gasteiger partial charge in [-0.15, -0.1) is 0 Å². The molecule has 0 heterocycles. The Morgan fingerprint density at radius 2 is 1.60 bits per heavy atom. The molecule has 0 saturated carbocycles. The smallest absolute Gasteiger partial charge is 0.369 e. The first-order valence-corrected chi connectivity index (χ1v) is 0.894. The third-order valence-electron chi connectivity index (χ3n) is 0. The number of rotatable bonds is 0.